The third-order valence-corrected chi connectivity index (χ3v) is 13.2. The summed E-state index contributed by atoms with van der Waals surface area (Å²) in [6, 6.07) is 61.0. The molecule has 0 bridgehead atoms. The molecule has 1 aliphatic carbocycles. The predicted molar refractivity (Wildman–Crippen MR) is 238 cm³/mol. The summed E-state index contributed by atoms with van der Waals surface area (Å²) < 4.78 is 5.15. The van der Waals surface area contributed by atoms with Crippen LogP contribution in [0.25, 0.3) is 104 Å². The lowest BCUT2D eigenvalue weighted by Crippen LogP contribution is -2.15. The number of hydrogen-bond donors (Lipinski definition) is 0. The highest BCUT2D eigenvalue weighted by molar-refractivity contribution is 7.27. The van der Waals surface area contributed by atoms with Crippen LogP contribution in [-0.2, 0) is 5.41 Å². The second-order valence-corrected chi connectivity index (χ2v) is 16.6. The molecule has 11 aromatic rings. The number of rotatable bonds is 4. The summed E-state index contributed by atoms with van der Waals surface area (Å²) in [6.07, 6.45) is 0. The predicted octanol–water partition coefficient (Wildman–Crippen LogP) is 13.8. The van der Waals surface area contributed by atoms with E-state index in [-0.39, 0.29) is 5.41 Å². The molecule has 5 heteroatoms. The highest BCUT2D eigenvalue weighted by Crippen LogP contribution is 2.52. The zero-order valence-electron chi connectivity index (χ0n) is 31.4. The van der Waals surface area contributed by atoms with Crippen LogP contribution in [0.15, 0.2) is 170 Å². The molecule has 3 aromatic heterocycles. The Morgan fingerprint density at radius 3 is 1.67 bits per heavy atom. The summed E-state index contributed by atoms with van der Waals surface area (Å²) >= 11 is 1.90. The minimum atomic E-state index is -0.180. The van der Waals surface area contributed by atoms with Crippen LogP contribution in [0.1, 0.15) is 25.0 Å². The van der Waals surface area contributed by atoms with Crippen LogP contribution in [0, 0.1) is 0 Å². The Balaban J connectivity index is 1.10. The lowest BCUT2D eigenvalue weighted by Gasteiger charge is -2.22. The highest BCUT2D eigenvalue weighted by atomic mass is 32.1. The van der Waals surface area contributed by atoms with Crippen LogP contribution < -0.4 is 0 Å². The molecule has 0 aliphatic heterocycles. The fourth-order valence-corrected chi connectivity index (χ4v) is 10.6. The van der Waals surface area contributed by atoms with E-state index in [4.69, 9.17) is 15.0 Å². The lowest BCUT2D eigenvalue weighted by atomic mass is 9.82. The molecule has 0 N–H and O–H groups in total. The first-order valence-electron chi connectivity index (χ1n) is 19.5. The Hall–Kier alpha value is -6.95. The minimum Gasteiger partial charge on any atom is -0.308 e. The van der Waals surface area contributed by atoms with Crippen LogP contribution in [-0.4, -0.2) is 19.5 Å². The van der Waals surface area contributed by atoms with Gasteiger partial charge in [0, 0.05) is 54.0 Å². The molecule has 12 rings (SSSR count). The van der Waals surface area contributed by atoms with Gasteiger partial charge in [0.15, 0.2) is 17.5 Å². The largest absolute Gasteiger partial charge is 0.308 e. The first-order chi connectivity index (χ1) is 28.0. The van der Waals surface area contributed by atoms with Crippen LogP contribution in [0.5, 0.6) is 0 Å². The quantitative estimate of drug-likeness (QED) is 0.180. The molecule has 0 amide bonds. The van der Waals surface area contributed by atoms with Crippen molar-refractivity contribution >= 4 is 64.1 Å². The van der Waals surface area contributed by atoms with Crippen molar-refractivity contribution in [2.45, 2.75) is 19.3 Å². The standard InChI is InChI=1S/C52H34N4S/c1-52(2)41-27-25-33(51-54-49(31-15-5-3-6-16-31)53-50(55-51)32-17-7-4-8-18-32)29-39(41)40-30-34(26-28-42(40)52)56-43-23-13-11-21-37(43)45-35-19-9-10-20-36(35)46-38-22-12-14-24-44(38)57-48(46)47(45)56/h3-30H,1-2H3. The first-order valence-corrected chi connectivity index (χ1v) is 20.3. The normalized spacial score (nSPS) is 13.2. The molecule has 0 atom stereocenters. The molecular formula is C52H34N4S. The number of fused-ring (bicyclic) bond motifs is 13. The van der Waals surface area contributed by atoms with Crippen molar-refractivity contribution in [3.05, 3.63) is 181 Å². The Labute approximate surface area is 333 Å². The van der Waals surface area contributed by atoms with Gasteiger partial charge < -0.3 is 4.57 Å². The van der Waals surface area contributed by atoms with Crippen molar-refractivity contribution in [2.24, 2.45) is 0 Å². The molecule has 8 aromatic carbocycles. The average molecular weight is 747 g/mol. The van der Waals surface area contributed by atoms with E-state index in [1.807, 2.05) is 47.7 Å². The molecule has 0 saturated carbocycles. The molecule has 0 radical (unpaired) electrons. The Bertz CT molecular complexity index is 3370. The molecule has 3 heterocycles. The molecule has 0 fully saturated rings. The van der Waals surface area contributed by atoms with Gasteiger partial charge in [0.2, 0.25) is 0 Å². The summed E-state index contributed by atoms with van der Waals surface area (Å²) in [5, 5.41) is 7.82. The maximum absolute atomic E-state index is 5.09. The zero-order valence-corrected chi connectivity index (χ0v) is 32.2. The number of hydrogen-bond acceptors (Lipinski definition) is 4. The first kappa shape index (κ1) is 32.3. The third-order valence-electron chi connectivity index (χ3n) is 12.0. The van der Waals surface area contributed by atoms with Crippen molar-refractivity contribution in [1.82, 2.24) is 19.5 Å². The summed E-state index contributed by atoms with van der Waals surface area (Å²) in [6.45, 7) is 4.68. The van der Waals surface area contributed by atoms with Gasteiger partial charge in [-0.15, -0.1) is 11.3 Å². The Kier molecular flexibility index (Phi) is 6.82. The lowest BCUT2D eigenvalue weighted by molar-refractivity contribution is 0.660. The zero-order chi connectivity index (χ0) is 37.8. The number of thiophene rings is 1. The molecule has 0 saturated heterocycles. The third kappa shape index (κ3) is 4.70. The van der Waals surface area contributed by atoms with E-state index in [0.29, 0.717) is 17.5 Å². The van der Waals surface area contributed by atoms with Gasteiger partial charge in [0.05, 0.1) is 15.7 Å². The maximum Gasteiger partial charge on any atom is 0.164 e. The van der Waals surface area contributed by atoms with Crippen LogP contribution in [0.2, 0.25) is 0 Å². The monoisotopic (exact) mass is 746 g/mol. The van der Waals surface area contributed by atoms with Gasteiger partial charge in [0.25, 0.3) is 0 Å². The van der Waals surface area contributed by atoms with Crippen molar-refractivity contribution in [3.8, 4) is 51.0 Å². The molecule has 268 valence electrons. The van der Waals surface area contributed by atoms with E-state index < -0.39 is 0 Å². The van der Waals surface area contributed by atoms with Crippen molar-refractivity contribution in [3.63, 3.8) is 0 Å². The van der Waals surface area contributed by atoms with E-state index in [2.05, 4.69) is 152 Å². The summed E-state index contributed by atoms with van der Waals surface area (Å²) in [7, 11) is 0. The number of aromatic nitrogens is 4. The Morgan fingerprint density at radius 2 is 0.982 bits per heavy atom. The van der Waals surface area contributed by atoms with E-state index in [9.17, 15) is 0 Å². The summed E-state index contributed by atoms with van der Waals surface area (Å²) in [5.41, 5.74) is 11.4. The summed E-state index contributed by atoms with van der Waals surface area (Å²) in [4.78, 5) is 15.1. The molecule has 57 heavy (non-hydrogen) atoms. The van der Waals surface area contributed by atoms with Gasteiger partial charge in [-0.1, -0.05) is 153 Å². The van der Waals surface area contributed by atoms with Crippen LogP contribution in [0.4, 0.5) is 0 Å². The van der Waals surface area contributed by atoms with E-state index in [1.54, 1.807) is 0 Å². The topological polar surface area (TPSA) is 43.6 Å². The average Bonchev–Trinajstić information content (AvgIpc) is 3.90. The molecule has 1 aliphatic rings. The smallest absolute Gasteiger partial charge is 0.164 e. The molecule has 0 unspecified atom stereocenters. The van der Waals surface area contributed by atoms with E-state index in [1.165, 1.54) is 75.0 Å². The number of para-hydroxylation sites is 1. The van der Waals surface area contributed by atoms with E-state index in [0.717, 1.165) is 22.4 Å². The van der Waals surface area contributed by atoms with Crippen molar-refractivity contribution < 1.29 is 0 Å². The number of nitrogens with zero attached hydrogens (tertiary/aromatic N) is 4. The summed E-state index contributed by atoms with van der Waals surface area (Å²) in [5.74, 6) is 1.98. The number of benzene rings is 8. The maximum atomic E-state index is 5.09. The molecule has 4 nitrogen and oxygen atoms in total. The van der Waals surface area contributed by atoms with Crippen molar-refractivity contribution in [1.29, 1.82) is 0 Å². The Morgan fingerprint density at radius 1 is 0.456 bits per heavy atom. The highest BCUT2D eigenvalue weighted by Gasteiger charge is 2.36. The van der Waals surface area contributed by atoms with Crippen LogP contribution in [0.3, 0.4) is 0 Å². The minimum absolute atomic E-state index is 0.180. The van der Waals surface area contributed by atoms with Crippen molar-refractivity contribution in [2.75, 3.05) is 0 Å². The van der Waals surface area contributed by atoms with Gasteiger partial charge in [-0.25, -0.2) is 15.0 Å². The van der Waals surface area contributed by atoms with Gasteiger partial charge in [-0.3, -0.25) is 0 Å². The van der Waals surface area contributed by atoms with Gasteiger partial charge in [-0.05, 0) is 63.4 Å². The van der Waals surface area contributed by atoms with Gasteiger partial charge in [-0.2, -0.15) is 0 Å². The fourth-order valence-electron chi connectivity index (χ4n) is 9.37. The second-order valence-electron chi connectivity index (χ2n) is 15.6. The van der Waals surface area contributed by atoms with Gasteiger partial charge in [0.1, 0.15) is 0 Å². The SMILES string of the molecule is CC1(C)c2ccc(-c3nc(-c4ccccc4)nc(-c4ccccc4)n3)cc2-c2cc(-n3c4ccccc4c4c5ccccc5c5c6ccccc6sc5c43)ccc21. The van der Waals surface area contributed by atoms with E-state index >= 15 is 0 Å². The molecular weight excluding hydrogens is 713 g/mol. The molecule has 0 spiro atoms. The van der Waals surface area contributed by atoms with Gasteiger partial charge >= 0.3 is 0 Å². The van der Waals surface area contributed by atoms with Crippen LogP contribution >= 0.6 is 11.3 Å². The second kappa shape index (κ2) is 12.0. The fraction of sp³-hybridized carbons (Fsp3) is 0.0577.